The first-order chi connectivity index (χ1) is 22.1. The van der Waals surface area contributed by atoms with Gasteiger partial charge in [-0.25, -0.2) is 23.1 Å². The molecule has 0 aliphatic carbocycles. The molecule has 5 heterocycles. The van der Waals surface area contributed by atoms with Crippen molar-refractivity contribution in [3.05, 3.63) is 96.1 Å². The van der Waals surface area contributed by atoms with Gasteiger partial charge in [-0.3, -0.25) is 10.00 Å². The Morgan fingerprint density at radius 2 is 2.00 bits per heavy atom. The van der Waals surface area contributed by atoms with E-state index in [4.69, 9.17) is 4.98 Å². The Morgan fingerprint density at radius 1 is 1.15 bits per heavy atom. The van der Waals surface area contributed by atoms with Gasteiger partial charge in [0, 0.05) is 31.1 Å². The van der Waals surface area contributed by atoms with Crippen molar-refractivity contribution < 1.29 is 13.2 Å². The zero-order chi connectivity index (χ0) is 32.4. The molecule has 10 heteroatoms. The lowest BCUT2D eigenvalue weighted by atomic mass is 9.99. The number of aryl methyl sites for hydroxylation is 1. The van der Waals surface area contributed by atoms with E-state index in [0.717, 1.165) is 69.5 Å². The van der Waals surface area contributed by atoms with E-state index < -0.39 is 5.92 Å². The lowest BCUT2D eigenvalue weighted by Crippen LogP contribution is -2.26. The number of halogens is 3. The Balaban J connectivity index is 1.32. The van der Waals surface area contributed by atoms with Crippen LogP contribution in [0.5, 0.6) is 0 Å². The number of aromatic nitrogens is 5. The molecule has 1 aliphatic rings. The van der Waals surface area contributed by atoms with E-state index in [1.54, 1.807) is 29.3 Å². The minimum absolute atomic E-state index is 0.125. The van der Waals surface area contributed by atoms with Crippen LogP contribution in [0.4, 0.5) is 13.2 Å². The summed E-state index contributed by atoms with van der Waals surface area (Å²) in [5, 5.41) is 8.52. The first-order valence-electron chi connectivity index (χ1n) is 15.5. The maximum absolute atomic E-state index is 14.8. The first kappa shape index (κ1) is 31.4. The number of H-pyrrole nitrogens is 2. The summed E-state index contributed by atoms with van der Waals surface area (Å²) in [7, 11) is 4.07. The number of pyridine rings is 2. The van der Waals surface area contributed by atoms with Crippen LogP contribution in [0, 0.1) is 5.82 Å². The van der Waals surface area contributed by atoms with Crippen molar-refractivity contribution in [2.75, 3.05) is 40.3 Å². The van der Waals surface area contributed by atoms with Gasteiger partial charge in [0.25, 0.3) is 5.92 Å². The quantitative estimate of drug-likeness (QED) is 0.148. The van der Waals surface area contributed by atoms with E-state index in [1.165, 1.54) is 0 Å². The number of alkyl halides is 2. The lowest BCUT2D eigenvalue weighted by molar-refractivity contribution is 0.0131. The number of allylic oxidation sites excluding steroid dienone is 3. The van der Waals surface area contributed by atoms with Gasteiger partial charge in [0.2, 0.25) is 0 Å². The smallest absolute Gasteiger partial charge is 0.261 e. The molecule has 0 spiro atoms. The molecular weight excluding hydrogens is 587 g/mol. The molecule has 6 rings (SSSR count). The first-order valence-corrected chi connectivity index (χ1v) is 15.5. The molecule has 1 saturated heterocycles. The third-order valence-corrected chi connectivity index (χ3v) is 8.40. The molecule has 238 valence electrons. The number of likely N-dealkylation sites (tertiary alicyclic amines) is 1. The topological polar surface area (TPSA) is 76.7 Å². The second-order valence-electron chi connectivity index (χ2n) is 12.2. The van der Waals surface area contributed by atoms with Crippen LogP contribution in [0.3, 0.4) is 0 Å². The summed E-state index contributed by atoms with van der Waals surface area (Å²) in [5.74, 6) is -2.91. The average Bonchev–Trinajstić information content (AvgIpc) is 3.74. The van der Waals surface area contributed by atoms with Crippen LogP contribution in [0.15, 0.2) is 79.0 Å². The Labute approximate surface area is 266 Å². The average molecular weight is 626 g/mol. The highest BCUT2D eigenvalue weighted by Crippen LogP contribution is 2.34. The Kier molecular flexibility index (Phi) is 8.93. The summed E-state index contributed by atoms with van der Waals surface area (Å²) in [6.45, 7) is 7.27. The normalized spacial score (nSPS) is 15.9. The zero-order valence-corrected chi connectivity index (χ0v) is 26.4. The number of hydrogen-bond acceptors (Lipinski definition) is 5. The van der Waals surface area contributed by atoms with E-state index in [9.17, 15) is 13.2 Å². The van der Waals surface area contributed by atoms with E-state index in [0.29, 0.717) is 29.9 Å². The van der Waals surface area contributed by atoms with Crippen molar-refractivity contribution in [2.45, 2.75) is 32.1 Å². The molecule has 7 nitrogen and oxygen atoms in total. The van der Waals surface area contributed by atoms with Gasteiger partial charge in [0.15, 0.2) is 0 Å². The summed E-state index contributed by atoms with van der Waals surface area (Å²) in [6.07, 6.45) is 8.93. The number of aromatic amines is 2. The molecule has 0 saturated carbocycles. The molecule has 0 atom stereocenters. The van der Waals surface area contributed by atoms with Crippen LogP contribution in [0.1, 0.15) is 31.0 Å². The zero-order valence-electron chi connectivity index (χ0n) is 26.4. The fourth-order valence-electron chi connectivity index (χ4n) is 6.08. The van der Waals surface area contributed by atoms with Crippen molar-refractivity contribution in [1.29, 1.82) is 0 Å². The number of benzene rings is 1. The lowest BCUT2D eigenvalue weighted by Gasteiger charge is -2.16. The third kappa shape index (κ3) is 6.83. The molecule has 4 aromatic heterocycles. The summed E-state index contributed by atoms with van der Waals surface area (Å²) < 4.78 is 42.3. The molecular formula is C36H38F3N7. The van der Waals surface area contributed by atoms with Crippen molar-refractivity contribution in [3.63, 3.8) is 0 Å². The second kappa shape index (κ2) is 13.1. The highest BCUT2D eigenvalue weighted by Gasteiger charge is 2.38. The van der Waals surface area contributed by atoms with Crippen LogP contribution < -0.4 is 0 Å². The van der Waals surface area contributed by atoms with Gasteiger partial charge in [-0.2, -0.15) is 5.10 Å². The van der Waals surface area contributed by atoms with Crippen LogP contribution in [0.25, 0.3) is 50.2 Å². The third-order valence-electron chi connectivity index (χ3n) is 8.40. The van der Waals surface area contributed by atoms with Gasteiger partial charge in [0.05, 0.1) is 23.4 Å². The fraction of sp³-hybridized carbons (Fsp3) is 0.306. The number of fused-ring (bicyclic) bond motifs is 2. The Hall–Kier alpha value is -4.54. The summed E-state index contributed by atoms with van der Waals surface area (Å²) in [5.41, 5.74) is 8.51. The maximum atomic E-state index is 14.8. The van der Waals surface area contributed by atoms with E-state index in [2.05, 4.69) is 37.7 Å². The largest absolute Gasteiger partial charge is 0.338 e. The van der Waals surface area contributed by atoms with Crippen LogP contribution in [-0.4, -0.2) is 81.1 Å². The Morgan fingerprint density at radius 3 is 2.74 bits per heavy atom. The van der Waals surface area contributed by atoms with Crippen LogP contribution >= 0.6 is 0 Å². The molecule has 5 aromatic rings. The summed E-state index contributed by atoms with van der Waals surface area (Å²) >= 11 is 0. The Bertz CT molecular complexity index is 1950. The highest BCUT2D eigenvalue weighted by atomic mass is 19.3. The van der Waals surface area contributed by atoms with Gasteiger partial charge >= 0.3 is 0 Å². The standard InChI is InChI=1S/C36H38F3N7/c1-5-23(21-46-15-12-36(38,39)22-46)16-25(6-2)30-9-10-31-33(41-30)34(44-43-31)32-20-29-28(11-13-40-35(29)42-32)26-17-24(18-27(37)19-26)8-7-14-45(3)4/h5-6,9-11,13,16-20H,1,7-8,12,14-15,21-22H2,2-4H3,(H,40,42)(H,43,44)/b23-16+,25-6+. The van der Waals surface area contributed by atoms with Crippen LogP contribution in [0.2, 0.25) is 0 Å². The molecule has 0 bridgehead atoms. The number of nitrogens with one attached hydrogen (secondary N) is 2. The minimum Gasteiger partial charge on any atom is -0.338 e. The number of rotatable bonds is 11. The van der Waals surface area contributed by atoms with Gasteiger partial charge in [-0.05, 0) is 111 Å². The SMILES string of the molecule is C=C/C(=C\C(=C/C)c1ccc2[nH]nc(-c3cc4c(-c5cc(F)cc(CCCN(C)C)c5)ccnc4[nH]3)c2n1)CN1CCC(F)(F)C1. The van der Waals surface area contributed by atoms with Crippen LogP contribution in [-0.2, 0) is 6.42 Å². The molecule has 0 amide bonds. The van der Waals surface area contributed by atoms with Gasteiger partial charge in [-0.15, -0.1) is 0 Å². The van der Waals surface area contributed by atoms with Crippen molar-refractivity contribution in [2.24, 2.45) is 0 Å². The monoisotopic (exact) mass is 625 g/mol. The molecule has 0 unspecified atom stereocenters. The fourth-order valence-corrected chi connectivity index (χ4v) is 6.08. The van der Waals surface area contributed by atoms with Gasteiger partial charge in [-0.1, -0.05) is 24.8 Å². The molecule has 46 heavy (non-hydrogen) atoms. The maximum Gasteiger partial charge on any atom is 0.261 e. The van der Waals surface area contributed by atoms with Crippen molar-refractivity contribution in [1.82, 2.24) is 34.9 Å². The van der Waals surface area contributed by atoms with Gasteiger partial charge < -0.3 is 9.88 Å². The molecule has 2 N–H and O–H groups in total. The molecule has 0 radical (unpaired) electrons. The molecule has 1 fully saturated rings. The van der Waals surface area contributed by atoms with Crippen molar-refractivity contribution >= 4 is 27.6 Å². The summed E-state index contributed by atoms with van der Waals surface area (Å²) in [6, 6.07) is 12.9. The minimum atomic E-state index is -2.65. The molecule has 1 aliphatic heterocycles. The number of hydrogen-bond donors (Lipinski definition) is 2. The van der Waals surface area contributed by atoms with E-state index in [-0.39, 0.29) is 18.8 Å². The summed E-state index contributed by atoms with van der Waals surface area (Å²) in [4.78, 5) is 16.8. The molecule has 1 aromatic carbocycles. The predicted molar refractivity (Wildman–Crippen MR) is 179 cm³/mol. The highest BCUT2D eigenvalue weighted by molar-refractivity contribution is 5.99. The predicted octanol–water partition coefficient (Wildman–Crippen LogP) is 7.66. The van der Waals surface area contributed by atoms with E-state index in [1.807, 2.05) is 57.4 Å². The number of nitrogens with zero attached hydrogens (tertiary/aromatic N) is 5. The van der Waals surface area contributed by atoms with Gasteiger partial charge in [0.1, 0.15) is 22.7 Å². The second-order valence-corrected chi connectivity index (χ2v) is 12.2. The van der Waals surface area contributed by atoms with Crippen molar-refractivity contribution in [3.8, 4) is 22.5 Å². The van der Waals surface area contributed by atoms with E-state index >= 15 is 0 Å².